The molecule has 5 N–H and O–H groups in total. The number of allylic oxidation sites excluding steroid dienone is 2. The third-order valence-corrected chi connectivity index (χ3v) is 14.7. The molecule has 0 aromatic heterocycles. The van der Waals surface area contributed by atoms with Crippen molar-refractivity contribution in [3.63, 3.8) is 0 Å². The summed E-state index contributed by atoms with van der Waals surface area (Å²) in [7, 11) is -4.02. The van der Waals surface area contributed by atoms with E-state index in [1.165, 1.54) is 23.3 Å². The van der Waals surface area contributed by atoms with Crippen LogP contribution < -0.4 is 0 Å². The predicted octanol–water partition coefficient (Wildman–Crippen LogP) is 8.34. The Balaban J connectivity index is 0.000000250. The van der Waals surface area contributed by atoms with Gasteiger partial charge in [-0.3, -0.25) is 18.9 Å². The molecule has 4 fully saturated rings. The zero-order valence-electron chi connectivity index (χ0n) is 42.2. The van der Waals surface area contributed by atoms with E-state index >= 15 is 0 Å². The van der Waals surface area contributed by atoms with Gasteiger partial charge in [-0.15, -0.1) is 0 Å². The molecule has 0 radical (unpaired) electrons. The lowest BCUT2D eigenvalue weighted by Gasteiger charge is -2.31. The molecule has 2 saturated carbocycles. The molecule has 3 aromatic carbocycles. The van der Waals surface area contributed by atoms with Crippen LogP contribution in [0.4, 0.5) is 0 Å². The number of aliphatic hydroxyl groups is 4. The molecule has 14 nitrogen and oxygen atoms in total. The predicted molar refractivity (Wildman–Crippen MR) is 271 cm³/mol. The summed E-state index contributed by atoms with van der Waals surface area (Å²) in [6.07, 6.45) is 13.9. The zero-order valence-corrected chi connectivity index (χ0v) is 43.0. The Morgan fingerprint density at radius 2 is 1.38 bits per heavy atom. The normalized spacial score (nSPS) is 24.2. The molecule has 4 aliphatic rings. The molecule has 2 saturated heterocycles. The summed E-state index contributed by atoms with van der Waals surface area (Å²) >= 11 is 0. The first-order valence-electron chi connectivity index (χ1n) is 25.5. The maximum absolute atomic E-state index is 12.1. The fraction of sp³-hybridized carbons (Fsp3) is 0.589. The number of hydrogen-bond acceptors (Lipinski definition) is 13. The number of esters is 2. The van der Waals surface area contributed by atoms with Gasteiger partial charge in [0, 0.05) is 38.0 Å². The van der Waals surface area contributed by atoms with Crippen LogP contribution in [0.5, 0.6) is 0 Å². The molecule has 2 aliphatic heterocycles. The molecule has 0 spiro atoms. The summed E-state index contributed by atoms with van der Waals surface area (Å²) < 4.78 is 52.2. The van der Waals surface area contributed by atoms with E-state index in [1.807, 2.05) is 57.2 Å². The molecule has 15 heteroatoms. The number of rotatable bonds is 21. The molecule has 0 amide bonds. The van der Waals surface area contributed by atoms with Crippen molar-refractivity contribution in [2.24, 2.45) is 29.6 Å². The van der Waals surface area contributed by atoms with E-state index in [0.29, 0.717) is 75.3 Å². The quantitative estimate of drug-likeness (QED) is 0.0293. The van der Waals surface area contributed by atoms with Crippen LogP contribution in [-0.4, -0.2) is 108 Å². The highest BCUT2D eigenvalue weighted by Crippen LogP contribution is 2.47. The number of benzene rings is 3. The maximum atomic E-state index is 12.1. The van der Waals surface area contributed by atoms with Crippen LogP contribution in [0.2, 0.25) is 0 Å². The number of Topliss-reactive ketones (excluding diaryl/α,β-unsaturated/α-hetero) is 1. The number of carbonyl (C=O) groups excluding carboxylic acids is 3. The number of carbonyl (C=O) groups is 3. The number of unbranched alkanes of at least 4 members (excludes halogenated alkanes) is 1. The molecule has 3 aromatic rings. The van der Waals surface area contributed by atoms with Gasteiger partial charge in [-0.05, 0) is 125 Å². The number of aliphatic hydroxyl groups excluding tert-OH is 4. The monoisotopic (exact) mass is 1010 g/mol. The highest BCUT2D eigenvalue weighted by Gasteiger charge is 2.48. The topological polar surface area (TPSA) is 223 Å². The van der Waals surface area contributed by atoms with E-state index in [-0.39, 0.29) is 54.1 Å². The van der Waals surface area contributed by atoms with Gasteiger partial charge in [-0.1, -0.05) is 97.4 Å². The summed E-state index contributed by atoms with van der Waals surface area (Å²) in [6, 6.07) is 26.5. The number of ketones is 1. The minimum Gasteiger partial charge on any atom is -0.463 e. The average molecular weight is 1010 g/mol. The first-order chi connectivity index (χ1) is 33.9. The minimum atomic E-state index is -4.02. The second-order valence-electron chi connectivity index (χ2n) is 19.5. The molecule has 394 valence electrons. The van der Waals surface area contributed by atoms with E-state index in [1.54, 1.807) is 12.1 Å². The molecule has 71 heavy (non-hydrogen) atoms. The van der Waals surface area contributed by atoms with Crippen molar-refractivity contribution in [1.29, 1.82) is 0 Å². The van der Waals surface area contributed by atoms with Crippen molar-refractivity contribution >= 4 is 27.8 Å². The molecule has 0 bridgehead atoms. The lowest BCUT2D eigenvalue weighted by atomic mass is 9.84. The van der Waals surface area contributed by atoms with Crippen molar-refractivity contribution in [3.8, 4) is 0 Å². The lowest BCUT2D eigenvalue weighted by molar-refractivity contribution is -0.170. The Morgan fingerprint density at radius 3 is 1.97 bits per heavy atom. The average Bonchev–Trinajstić information content (AvgIpc) is 4.10. The van der Waals surface area contributed by atoms with E-state index in [9.17, 15) is 33.0 Å². The third-order valence-electron chi connectivity index (χ3n) is 13.8. The van der Waals surface area contributed by atoms with Crippen LogP contribution in [0.1, 0.15) is 121 Å². The van der Waals surface area contributed by atoms with Gasteiger partial charge in [-0.2, -0.15) is 8.42 Å². The van der Waals surface area contributed by atoms with E-state index in [0.717, 1.165) is 63.4 Å². The Bertz CT molecular complexity index is 2140. The van der Waals surface area contributed by atoms with Gasteiger partial charge in [0.05, 0.1) is 56.1 Å². The number of fused-ring (bicyclic) bond motifs is 1. The van der Waals surface area contributed by atoms with Gasteiger partial charge in [0.15, 0.2) is 5.79 Å². The van der Waals surface area contributed by atoms with Crippen LogP contribution >= 0.6 is 0 Å². The van der Waals surface area contributed by atoms with Gasteiger partial charge in [0.1, 0.15) is 11.9 Å². The largest absolute Gasteiger partial charge is 0.463 e. The molecule has 7 rings (SSSR count). The first kappa shape index (κ1) is 59.2. The summed E-state index contributed by atoms with van der Waals surface area (Å²) in [5.41, 5.74) is 3.44. The standard InChI is InChI=1S/C28H42O6.C19H24O3.C7H8O3S.C2H6O2/c1-21(2)34-27(31)13-9-4-3-8-12-23-24(26(30)20-25(23)29)15-17-28(32-18-19-33-28)16-14-22-10-6-5-7-11-22;1-13-11-18-17(12-19(21)22-18)16(13)10-9-15(20)8-7-14-5-3-2-4-6-14;1-6-2-4-7(5-3-6)11(8,9)10;3-1-2-4/h3,5-8,10-11,21,23-26,29-30H,4,9,12-20H2,1-2H3;2-6,13,16-18H,7-12H2,1H3;2-5H,1H3,(H,8,9,10);3-4H,1-2H2/b8-3-;;;/t23-,24-,25?,26-;13-,16+,17-,18?;;/m11../s1. The van der Waals surface area contributed by atoms with Crippen LogP contribution in [0.15, 0.2) is 102 Å². The Hall–Kier alpha value is -4.32. The third kappa shape index (κ3) is 21.0. The molecule has 2 aliphatic carbocycles. The first-order valence-corrected chi connectivity index (χ1v) is 26.9. The molecule has 2 unspecified atom stereocenters. The van der Waals surface area contributed by atoms with Crippen molar-refractivity contribution in [2.45, 2.75) is 159 Å². The van der Waals surface area contributed by atoms with Crippen LogP contribution in [0.3, 0.4) is 0 Å². The van der Waals surface area contributed by atoms with Gasteiger partial charge in [-0.25, -0.2) is 0 Å². The van der Waals surface area contributed by atoms with Crippen LogP contribution in [0.25, 0.3) is 0 Å². The summed E-state index contributed by atoms with van der Waals surface area (Å²) in [5, 5.41) is 36.5. The van der Waals surface area contributed by atoms with Crippen molar-refractivity contribution in [2.75, 3.05) is 26.4 Å². The van der Waals surface area contributed by atoms with Gasteiger partial charge >= 0.3 is 11.9 Å². The van der Waals surface area contributed by atoms with Crippen LogP contribution in [-0.2, 0) is 56.3 Å². The summed E-state index contributed by atoms with van der Waals surface area (Å²) in [6.45, 7) is 8.72. The van der Waals surface area contributed by atoms with E-state index in [2.05, 4.69) is 43.3 Å². The van der Waals surface area contributed by atoms with Gasteiger partial charge in [0.25, 0.3) is 10.1 Å². The fourth-order valence-corrected chi connectivity index (χ4v) is 10.6. The number of hydrogen-bond donors (Lipinski definition) is 5. The maximum Gasteiger partial charge on any atom is 0.306 e. The summed E-state index contributed by atoms with van der Waals surface area (Å²) in [4.78, 5) is 35.1. The fourth-order valence-electron chi connectivity index (χ4n) is 10.1. The van der Waals surface area contributed by atoms with E-state index in [4.69, 9.17) is 33.7 Å². The molecule has 8 atom stereocenters. The summed E-state index contributed by atoms with van der Waals surface area (Å²) in [5.74, 6) is 0.939. The second kappa shape index (κ2) is 30.7. The number of aryl methyl sites for hydroxylation is 3. The van der Waals surface area contributed by atoms with Crippen molar-refractivity contribution in [1.82, 2.24) is 0 Å². The highest BCUT2D eigenvalue weighted by molar-refractivity contribution is 7.85. The molecular weight excluding hydrogens is 929 g/mol. The SMILES string of the molecule is CC(C)OC(=O)CCC/C=C\C[C@H]1C(O)C[C@@H](O)[C@@H]1CCC1(CCc2ccccc2)OCCO1.C[C@@H]1CC2OC(=O)C[C@@H]2[C@H]1CCC(=O)CCc1ccccc1.Cc1ccc(S(=O)(=O)O)cc1.OCCO. The Kier molecular flexibility index (Phi) is 25.6. The second-order valence-corrected chi connectivity index (χ2v) is 21.0. The highest BCUT2D eigenvalue weighted by atomic mass is 32.2. The lowest BCUT2D eigenvalue weighted by Crippen LogP contribution is -2.33. The minimum absolute atomic E-state index is 0.0158. The van der Waals surface area contributed by atoms with Gasteiger partial charge < -0.3 is 39.4 Å². The number of ether oxygens (including phenoxy) is 4. The molecule has 2 heterocycles. The van der Waals surface area contributed by atoms with Crippen molar-refractivity contribution < 1.29 is 66.7 Å². The smallest absolute Gasteiger partial charge is 0.306 e. The Morgan fingerprint density at radius 1 is 0.775 bits per heavy atom. The Labute approximate surface area is 421 Å². The van der Waals surface area contributed by atoms with Crippen LogP contribution in [0, 0.1) is 36.5 Å². The zero-order chi connectivity index (χ0) is 51.8. The van der Waals surface area contributed by atoms with Gasteiger partial charge in [0.2, 0.25) is 0 Å². The molecular formula is C56H80O14S. The van der Waals surface area contributed by atoms with E-state index < -0.39 is 28.1 Å². The van der Waals surface area contributed by atoms with Crippen molar-refractivity contribution in [3.05, 3.63) is 114 Å².